The van der Waals surface area contributed by atoms with Gasteiger partial charge in [0.1, 0.15) is 6.04 Å². The first-order chi connectivity index (χ1) is 8.79. The fraction of sp³-hybridized carbons (Fsp3) is 0.700. The van der Waals surface area contributed by atoms with Gasteiger partial charge in [-0.25, -0.2) is 14.5 Å². The average Bonchev–Trinajstić information content (AvgIpc) is 2.35. The standard InChI is InChI=1S/C10H17NO7S/c1-3-19-5-4-6(7(12)13)11-8(14)10(2,18-17)9(15)16/h6,17H,3-5H2,1-2H3,(H,11,14)(H,12,13)(H,15,16). The molecule has 2 unspecified atom stereocenters. The summed E-state index contributed by atoms with van der Waals surface area (Å²) >= 11 is 1.49. The fourth-order valence-electron chi connectivity index (χ4n) is 1.08. The lowest BCUT2D eigenvalue weighted by molar-refractivity contribution is -0.302. The van der Waals surface area contributed by atoms with Crippen LogP contribution in [0.3, 0.4) is 0 Å². The minimum atomic E-state index is -2.54. The van der Waals surface area contributed by atoms with Crippen LogP contribution in [0.2, 0.25) is 0 Å². The van der Waals surface area contributed by atoms with Gasteiger partial charge in [0.25, 0.3) is 11.5 Å². The number of aliphatic carboxylic acids is 2. The summed E-state index contributed by atoms with van der Waals surface area (Å²) < 4.78 is 0. The molecule has 0 aromatic heterocycles. The molecule has 2 atom stereocenters. The third-order valence-electron chi connectivity index (χ3n) is 2.38. The molecular formula is C10H17NO7S. The van der Waals surface area contributed by atoms with Gasteiger partial charge in [-0.2, -0.15) is 11.8 Å². The lowest BCUT2D eigenvalue weighted by Gasteiger charge is -2.22. The Bertz CT molecular complexity index is 349. The van der Waals surface area contributed by atoms with Gasteiger partial charge in [-0.05, 0) is 24.9 Å². The number of hydrogen-bond acceptors (Lipinski definition) is 6. The van der Waals surface area contributed by atoms with E-state index >= 15 is 0 Å². The molecule has 1 amide bonds. The third kappa shape index (κ3) is 5.05. The van der Waals surface area contributed by atoms with E-state index in [2.05, 4.69) is 4.89 Å². The molecule has 0 spiro atoms. The summed E-state index contributed by atoms with van der Waals surface area (Å²) in [5.41, 5.74) is -2.54. The summed E-state index contributed by atoms with van der Waals surface area (Å²) in [5.74, 6) is -2.93. The summed E-state index contributed by atoms with van der Waals surface area (Å²) in [6.07, 6.45) is 0.140. The molecule has 4 N–H and O–H groups in total. The van der Waals surface area contributed by atoms with E-state index in [0.29, 0.717) is 5.75 Å². The summed E-state index contributed by atoms with van der Waals surface area (Å²) in [6, 6.07) is -1.24. The topological polar surface area (TPSA) is 133 Å². The number of carboxylic acid groups (broad SMARTS) is 2. The van der Waals surface area contributed by atoms with Crippen molar-refractivity contribution >= 4 is 29.6 Å². The molecule has 8 nitrogen and oxygen atoms in total. The predicted octanol–water partition coefficient (Wildman–Crippen LogP) is 0.0319. The molecule has 0 aliphatic heterocycles. The molecular weight excluding hydrogens is 278 g/mol. The number of carboxylic acids is 2. The molecule has 0 aromatic carbocycles. The van der Waals surface area contributed by atoms with Crippen LogP contribution in [0.25, 0.3) is 0 Å². The van der Waals surface area contributed by atoms with Crippen LogP contribution in [0.15, 0.2) is 0 Å². The van der Waals surface area contributed by atoms with Crippen LogP contribution in [0.5, 0.6) is 0 Å². The number of nitrogens with one attached hydrogen (secondary N) is 1. The quantitative estimate of drug-likeness (QED) is 0.203. The minimum absolute atomic E-state index is 0.140. The summed E-state index contributed by atoms with van der Waals surface area (Å²) in [5, 5.41) is 28.2. The molecule has 0 saturated carbocycles. The molecule has 9 heteroatoms. The van der Waals surface area contributed by atoms with E-state index in [4.69, 9.17) is 15.5 Å². The second-order valence-electron chi connectivity index (χ2n) is 3.78. The van der Waals surface area contributed by atoms with Gasteiger partial charge in [0, 0.05) is 0 Å². The number of thioether (sulfide) groups is 1. The Kier molecular flexibility index (Phi) is 7.42. The van der Waals surface area contributed by atoms with E-state index in [9.17, 15) is 14.4 Å². The Balaban J connectivity index is 4.71. The van der Waals surface area contributed by atoms with Crippen molar-refractivity contribution in [3.8, 4) is 0 Å². The monoisotopic (exact) mass is 295 g/mol. The van der Waals surface area contributed by atoms with Gasteiger partial charge in [0.15, 0.2) is 0 Å². The first-order valence-corrected chi connectivity index (χ1v) is 6.62. The second kappa shape index (κ2) is 7.97. The van der Waals surface area contributed by atoms with Crippen molar-refractivity contribution in [2.24, 2.45) is 0 Å². The number of rotatable bonds is 9. The molecule has 0 bridgehead atoms. The van der Waals surface area contributed by atoms with E-state index in [0.717, 1.165) is 12.7 Å². The maximum Gasteiger partial charge on any atom is 0.349 e. The van der Waals surface area contributed by atoms with Crippen molar-refractivity contribution in [1.82, 2.24) is 5.32 Å². The van der Waals surface area contributed by atoms with Crippen molar-refractivity contribution in [1.29, 1.82) is 0 Å². The first kappa shape index (κ1) is 17.7. The van der Waals surface area contributed by atoms with Crippen LogP contribution in [0.4, 0.5) is 0 Å². The van der Waals surface area contributed by atoms with E-state index in [-0.39, 0.29) is 6.42 Å². The summed E-state index contributed by atoms with van der Waals surface area (Å²) in [7, 11) is 0. The maximum absolute atomic E-state index is 11.6. The van der Waals surface area contributed by atoms with Crippen molar-refractivity contribution in [3.05, 3.63) is 0 Å². The SMILES string of the molecule is CCSCCC(NC(=O)C(C)(OO)C(=O)O)C(=O)O. The molecule has 0 aliphatic carbocycles. The van der Waals surface area contributed by atoms with E-state index in [1.165, 1.54) is 11.8 Å². The zero-order chi connectivity index (χ0) is 15.1. The van der Waals surface area contributed by atoms with Crippen molar-refractivity contribution in [3.63, 3.8) is 0 Å². The van der Waals surface area contributed by atoms with Crippen LogP contribution in [0, 0.1) is 0 Å². The molecule has 0 saturated heterocycles. The maximum atomic E-state index is 11.6. The van der Waals surface area contributed by atoms with E-state index in [1.807, 2.05) is 12.2 Å². The van der Waals surface area contributed by atoms with Crippen molar-refractivity contribution in [2.75, 3.05) is 11.5 Å². The average molecular weight is 295 g/mol. The first-order valence-electron chi connectivity index (χ1n) is 5.47. The van der Waals surface area contributed by atoms with Crippen LogP contribution >= 0.6 is 11.8 Å². The van der Waals surface area contributed by atoms with Gasteiger partial charge >= 0.3 is 11.9 Å². The highest BCUT2D eigenvalue weighted by atomic mass is 32.2. The van der Waals surface area contributed by atoms with Crippen LogP contribution in [0.1, 0.15) is 20.3 Å². The number of carbonyl (C=O) groups excluding carboxylic acids is 1. The van der Waals surface area contributed by atoms with Gasteiger partial charge in [-0.3, -0.25) is 10.1 Å². The van der Waals surface area contributed by atoms with Crippen LogP contribution < -0.4 is 5.32 Å². The zero-order valence-corrected chi connectivity index (χ0v) is 11.4. The molecule has 0 rings (SSSR count). The lowest BCUT2D eigenvalue weighted by atomic mass is 10.1. The molecule has 0 radical (unpaired) electrons. The molecule has 110 valence electrons. The largest absolute Gasteiger partial charge is 0.480 e. The lowest BCUT2D eigenvalue weighted by Crippen LogP contribution is -2.56. The zero-order valence-electron chi connectivity index (χ0n) is 10.6. The fourth-order valence-corrected chi connectivity index (χ4v) is 1.77. The molecule has 0 aromatic rings. The molecule has 19 heavy (non-hydrogen) atoms. The highest BCUT2D eigenvalue weighted by Gasteiger charge is 2.45. The van der Waals surface area contributed by atoms with E-state index in [1.54, 1.807) is 0 Å². The highest BCUT2D eigenvalue weighted by molar-refractivity contribution is 7.99. The Morgan fingerprint density at radius 2 is 1.95 bits per heavy atom. The predicted molar refractivity (Wildman–Crippen MR) is 66.9 cm³/mol. The molecule has 0 fully saturated rings. The Morgan fingerprint density at radius 1 is 1.37 bits per heavy atom. The van der Waals surface area contributed by atoms with Crippen molar-refractivity contribution in [2.45, 2.75) is 31.9 Å². The van der Waals surface area contributed by atoms with Gasteiger partial charge < -0.3 is 15.5 Å². The summed E-state index contributed by atoms with van der Waals surface area (Å²) in [6.45, 7) is 2.73. The van der Waals surface area contributed by atoms with Gasteiger partial charge in [-0.1, -0.05) is 6.92 Å². The van der Waals surface area contributed by atoms with Crippen LogP contribution in [-0.4, -0.2) is 56.5 Å². The van der Waals surface area contributed by atoms with Gasteiger partial charge in [0.05, 0.1) is 0 Å². The summed E-state index contributed by atoms with van der Waals surface area (Å²) in [4.78, 5) is 37.0. The van der Waals surface area contributed by atoms with E-state index < -0.39 is 29.5 Å². The highest BCUT2D eigenvalue weighted by Crippen LogP contribution is 2.11. The second-order valence-corrected chi connectivity index (χ2v) is 5.17. The third-order valence-corrected chi connectivity index (χ3v) is 3.32. The molecule has 0 aliphatic rings. The number of carbonyl (C=O) groups is 3. The Labute approximate surface area is 114 Å². The Hall–Kier alpha value is -1.32. The van der Waals surface area contributed by atoms with Crippen LogP contribution in [-0.2, 0) is 19.3 Å². The normalized spacial score (nSPS) is 15.3. The molecule has 0 heterocycles. The number of hydrogen-bond donors (Lipinski definition) is 4. The minimum Gasteiger partial charge on any atom is -0.480 e. The van der Waals surface area contributed by atoms with Gasteiger partial charge in [-0.15, -0.1) is 0 Å². The van der Waals surface area contributed by atoms with Crippen molar-refractivity contribution < 1.29 is 34.7 Å². The Morgan fingerprint density at radius 3 is 2.32 bits per heavy atom. The smallest absolute Gasteiger partial charge is 0.349 e. The van der Waals surface area contributed by atoms with Gasteiger partial charge in [0.2, 0.25) is 0 Å². The number of amides is 1.